The number of ether oxygens (including phenoxy) is 1. The van der Waals surface area contributed by atoms with Crippen LogP contribution < -0.4 is 4.74 Å². The van der Waals surface area contributed by atoms with E-state index in [1.54, 1.807) is 0 Å². The molecule has 0 amide bonds. The molecule has 0 aliphatic carbocycles. The van der Waals surface area contributed by atoms with Gasteiger partial charge >= 0.3 is 6.18 Å². The van der Waals surface area contributed by atoms with Crippen LogP contribution >= 0.6 is 0 Å². The summed E-state index contributed by atoms with van der Waals surface area (Å²) in [5.74, 6) is -2.76. The first-order chi connectivity index (χ1) is 12.6. The van der Waals surface area contributed by atoms with Gasteiger partial charge in [0, 0.05) is 18.8 Å². The van der Waals surface area contributed by atoms with Crippen LogP contribution in [0.15, 0.2) is 41.4 Å². The SMILES string of the molecule is O=S(=O)(c1c(F)cccc1F)N1CCC(Oc2cc(C(F)(F)F)ccn2)C1. The summed E-state index contributed by atoms with van der Waals surface area (Å²) in [5, 5.41) is 0. The van der Waals surface area contributed by atoms with Gasteiger partial charge in [0.25, 0.3) is 0 Å². The van der Waals surface area contributed by atoms with Crippen molar-refractivity contribution in [1.82, 2.24) is 9.29 Å². The zero-order valence-corrected chi connectivity index (χ0v) is 14.4. The van der Waals surface area contributed by atoms with Crippen LogP contribution in [0.4, 0.5) is 22.0 Å². The molecule has 0 radical (unpaired) electrons. The highest BCUT2D eigenvalue weighted by Crippen LogP contribution is 2.31. The average Bonchev–Trinajstić information content (AvgIpc) is 3.03. The Morgan fingerprint density at radius 2 is 1.81 bits per heavy atom. The molecule has 2 aromatic rings. The van der Waals surface area contributed by atoms with Gasteiger partial charge in [-0.15, -0.1) is 0 Å². The number of sulfonamides is 1. The predicted octanol–water partition coefficient (Wildman–Crippen LogP) is 3.22. The van der Waals surface area contributed by atoms with Crippen molar-refractivity contribution in [2.45, 2.75) is 23.6 Å². The van der Waals surface area contributed by atoms with Gasteiger partial charge in [0.15, 0.2) is 4.90 Å². The summed E-state index contributed by atoms with van der Waals surface area (Å²) in [5.41, 5.74) is -0.955. The molecule has 1 aliphatic heterocycles. The Morgan fingerprint density at radius 3 is 2.44 bits per heavy atom. The van der Waals surface area contributed by atoms with Crippen LogP contribution in [0.1, 0.15) is 12.0 Å². The molecule has 1 atom stereocenters. The lowest BCUT2D eigenvalue weighted by molar-refractivity contribution is -0.137. The molecule has 11 heteroatoms. The van der Waals surface area contributed by atoms with Crippen LogP contribution in [0, 0.1) is 11.6 Å². The second kappa shape index (κ2) is 7.04. The molecule has 146 valence electrons. The first-order valence-corrected chi connectivity index (χ1v) is 9.17. The van der Waals surface area contributed by atoms with E-state index in [2.05, 4.69) is 4.98 Å². The minimum Gasteiger partial charge on any atom is -0.473 e. The van der Waals surface area contributed by atoms with Crippen molar-refractivity contribution < 1.29 is 35.1 Å². The lowest BCUT2D eigenvalue weighted by Gasteiger charge is -2.18. The summed E-state index contributed by atoms with van der Waals surface area (Å²) in [7, 11) is -4.45. The third-order valence-electron chi connectivity index (χ3n) is 3.97. The average molecular weight is 408 g/mol. The third kappa shape index (κ3) is 4.03. The molecule has 0 saturated carbocycles. The third-order valence-corrected chi connectivity index (χ3v) is 5.89. The number of halogens is 5. The summed E-state index contributed by atoms with van der Waals surface area (Å²) in [4.78, 5) is 2.61. The van der Waals surface area contributed by atoms with Gasteiger partial charge in [0.2, 0.25) is 15.9 Å². The second-order valence-corrected chi connectivity index (χ2v) is 7.70. The van der Waals surface area contributed by atoms with Gasteiger partial charge < -0.3 is 4.74 Å². The van der Waals surface area contributed by atoms with Gasteiger partial charge in [-0.3, -0.25) is 0 Å². The van der Waals surface area contributed by atoms with Crippen LogP contribution in [0.25, 0.3) is 0 Å². The van der Waals surface area contributed by atoms with Crippen molar-refractivity contribution >= 4 is 10.0 Å². The van der Waals surface area contributed by atoms with E-state index in [9.17, 15) is 30.4 Å². The molecule has 0 N–H and O–H groups in total. The fourth-order valence-corrected chi connectivity index (χ4v) is 4.29. The van der Waals surface area contributed by atoms with Gasteiger partial charge in [-0.25, -0.2) is 22.2 Å². The lowest BCUT2D eigenvalue weighted by atomic mass is 10.2. The zero-order chi connectivity index (χ0) is 19.8. The maximum atomic E-state index is 13.8. The quantitative estimate of drug-likeness (QED) is 0.729. The normalized spacial score (nSPS) is 18.6. The molecule has 1 saturated heterocycles. The van der Waals surface area contributed by atoms with Gasteiger partial charge in [0.05, 0.1) is 12.1 Å². The highest BCUT2D eigenvalue weighted by atomic mass is 32.2. The van der Waals surface area contributed by atoms with Gasteiger partial charge in [-0.2, -0.15) is 17.5 Å². The Bertz CT molecular complexity index is 929. The molecule has 5 nitrogen and oxygen atoms in total. The van der Waals surface area contributed by atoms with Crippen LogP contribution in [-0.2, 0) is 16.2 Å². The molecule has 0 spiro atoms. The summed E-state index contributed by atoms with van der Waals surface area (Å²) < 4.78 is 96.9. The highest BCUT2D eigenvalue weighted by Gasteiger charge is 2.37. The van der Waals surface area contributed by atoms with E-state index in [0.29, 0.717) is 6.07 Å². The van der Waals surface area contributed by atoms with E-state index in [1.807, 2.05) is 0 Å². The number of pyridine rings is 1. The highest BCUT2D eigenvalue weighted by molar-refractivity contribution is 7.89. The number of rotatable bonds is 4. The van der Waals surface area contributed by atoms with Gasteiger partial charge in [0.1, 0.15) is 17.7 Å². The lowest BCUT2D eigenvalue weighted by Crippen LogP contribution is -2.32. The summed E-state index contributed by atoms with van der Waals surface area (Å²) in [6.45, 7) is -0.367. The van der Waals surface area contributed by atoms with E-state index in [4.69, 9.17) is 4.74 Å². The summed E-state index contributed by atoms with van der Waals surface area (Å²) in [6, 6.07) is 4.17. The summed E-state index contributed by atoms with van der Waals surface area (Å²) >= 11 is 0. The second-order valence-electron chi connectivity index (χ2n) is 5.82. The Balaban J connectivity index is 1.76. The molecule has 1 aliphatic rings. The molecule has 1 aromatic carbocycles. The standard InChI is InChI=1S/C16H13F5N2O3S/c17-12-2-1-3-13(18)15(12)27(24,25)23-7-5-11(9-23)26-14-8-10(4-6-22-14)16(19,20)21/h1-4,6,8,11H,5,7,9H2. The van der Waals surface area contributed by atoms with Gasteiger partial charge in [-0.05, 0) is 24.6 Å². The molecular weight excluding hydrogens is 395 g/mol. The number of hydrogen-bond acceptors (Lipinski definition) is 4. The summed E-state index contributed by atoms with van der Waals surface area (Å²) in [6.07, 6.45) is -4.32. The van der Waals surface area contributed by atoms with Crippen LogP contribution in [0.3, 0.4) is 0 Å². The van der Waals surface area contributed by atoms with E-state index in [0.717, 1.165) is 34.8 Å². The van der Waals surface area contributed by atoms with E-state index in [1.165, 1.54) is 0 Å². The maximum Gasteiger partial charge on any atom is 0.416 e. The number of nitrogens with zero attached hydrogens (tertiary/aromatic N) is 2. The Labute approximate surface area is 151 Å². The fraction of sp³-hybridized carbons (Fsp3) is 0.312. The monoisotopic (exact) mass is 408 g/mol. The number of aromatic nitrogens is 1. The first-order valence-electron chi connectivity index (χ1n) is 7.73. The fourth-order valence-electron chi connectivity index (χ4n) is 2.69. The largest absolute Gasteiger partial charge is 0.473 e. The number of hydrogen-bond donors (Lipinski definition) is 0. The van der Waals surface area contributed by atoms with Crippen molar-refractivity contribution in [3.05, 3.63) is 53.7 Å². The Kier molecular flexibility index (Phi) is 5.08. The van der Waals surface area contributed by atoms with Crippen molar-refractivity contribution in [3.8, 4) is 5.88 Å². The number of alkyl halides is 3. The van der Waals surface area contributed by atoms with Crippen molar-refractivity contribution in [2.75, 3.05) is 13.1 Å². The van der Waals surface area contributed by atoms with Crippen molar-refractivity contribution in [2.24, 2.45) is 0 Å². The maximum absolute atomic E-state index is 13.8. The molecule has 3 rings (SSSR count). The Morgan fingerprint density at radius 1 is 1.15 bits per heavy atom. The Hall–Kier alpha value is -2.27. The van der Waals surface area contributed by atoms with Crippen molar-refractivity contribution in [1.29, 1.82) is 0 Å². The number of benzene rings is 1. The van der Waals surface area contributed by atoms with Crippen molar-refractivity contribution in [3.63, 3.8) is 0 Å². The predicted molar refractivity (Wildman–Crippen MR) is 83.4 cm³/mol. The minimum absolute atomic E-state index is 0.0975. The van der Waals surface area contributed by atoms with E-state index < -0.39 is 44.4 Å². The molecule has 0 bridgehead atoms. The van der Waals surface area contributed by atoms with Crippen LogP contribution in [-0.4, -0.2) is 36.9 Å². The van der Waals surface area contributed by atoms with Gasteiger partial charge in [-0.1, -0.05) is 6.07 Å². The molecule has 1 fully saturated rings. The molecule has 1 aromatic heterocycles. The first kappa shape index (κ1) is 19.5. The smallest absolute Gasteiger partial charge is 0.416 e. The topological polar surface area (TPSA) is 59.5 Å². The molecule has 1 unspecified atom stereocenters. The minimum atomic E-state index is -4.57. The zero-order valence-electron chi connectivity index (χ0n) is 13.6. The van der Waals surface area contributed by atoms with E-state index in [-0.39, 0.29) is 25.4 Å². The molecular formula is C16H13F5N2O3S. The van der Waals surface area contributed by atoms with Crippen LogP contribution in [0.2, 0.25) is 0 Å². The molecule has 2 heterocycles. The molecule has 27 heavy (non-hydrogen) atoms. The van der Waals surface area contributed by atoms with E-state index >= 15 is 0 Å². The van der Waals surface area contributed by atoms with Crippen LogP contribution in [0.5, 0.6) is 5.88 Å².